The van der Waals surface area contributed by atoms with Crippen LogP contribution in [0.15, 0.2) is 30.3 Å². The maximum Gasteiger partial charge on any atom is 0.320 e. The minimum Gasteiger partial charge on any atom is -0.480 e. The molecule has 0 bridgehead atoms. The van der Waals surface area contributed by atoms with Gasteiger partial charge < -0.3 is 9.84 Å². The highest BCUT2D eigenvalue weighted by atomic mass is 16.5. The number of nitrogens with zero attached hydrogens (tertiary/aromatic N) is 1. The second-order valence-corrected chi connectivity index (χ2v) is 3.96. The van der Waals surface area contributed by atoms with Gasteiger partial charge in [-0.3, -0.25) is 9.69 Å². The molecule has 0 radical (unpaired) electrons. The summed E-state index contributed by atoms with van der Waals surface area (Å²) in [6, 6.07) is 9.34. The zero-order valence-electron chi connectivity index (χ0n) is 10.3. The molecular formula is C13H19NO3. The van der Waals surface area contributed by atoms with Crippen LogP contribution in [-0.2, 0) is 16.1 Å². The zero-order chi connectivity index (χ0) is 12.7. The summed E-state index contributed by atoms with van der Waals surface area (Å²) < 4.78 is 5.01. The third-order valence-corrected chi connectivity index (χ3v) is 2.72. The standard InChI is InChI=1S/C13H19NO3/c1-11(13(15)16)14(8-9-17-2)10-12-6-4-3-5-7-12/h3-7,11H,8-10H2,1-2H3,(H,15,16). The minimum absolute atomic E-state index is 0.509. The Morgan fingerprint density at radius 1 is 1.41 bits per heavy atom. The lowest BCUT2D eigenvalue weighted by Gasteiger charge is -2.25. The highest BCUT2D eigenvalue weighted by Crippen LogP contribution is 2.08. The number of carboxylic acids is 1. The molecule has 1 unspecified atom stereocenters. The van der Waals surface area contributed by atoms with Gasteiger partial charge in [-0.05, 0) is 12.5 Å². The number of aliphatic carboxylic acids is 1. The first-order chi connectivity index (χ1) is 8.15. The van der Waals surface area contributed by atoms with Crippen LogP contribution < -0.4 is 0 Å². The Morgan fingerprint density at radius 3 is 2.59 bits per heavy atom. The van der Waals surface area contributed by atoms with E-state index in [1.54, 1.807) is 14.0 Å². The van der Waals surface area contributed by atoms with E-state index < -0.39 is 12.0 Å². The van der Waals surface area contributed by atoms with E-state index in [-0.39, 0.29) is 0 Å². The summed E-state index contributed by atoms with van der Waals surface area (Å²) in [5.74, 6) is -0.808. The molecule has 0 aromatic heterocycles. The van der Waals surface area contributed by atoms with Gasteiger partial charge in [0.05, 0.1) is 6.61 Å². The van der Waals surface area contributed by atoms with Crippen molar-refractivity contribution in [3.63, 3.8) is 0 Å². The Balaban J connectivity index is 2.66. The van der Waals surface area contributed by atoms with Gasteiger partial charge in [0.1, 0.15) is 6.04 Å². The SMILES string of the molecule is COCCN(Cc1ccccc1)C(C)C(=O)O. The Labute approximate surface area is 102 Å². The van der Waals surface area contributed by atoms with Crippen LogP contribution in [0.1, 0.15) is 12.5 Å². The van der Waals surface area contributed by atoms with E-state index in [0.717, 1.165) is 5.56 Å². The van der Waals surface area contributed by atoms with Gasteiger partial charge >= 0.3 is 5.97 Å². The highest BCUT2D eigenvalue weighted by molar-refractivity contribution is 5.72. The third-order valence-electron chi connectivity index (χ3n) is 2.72. The lowest BCUT2D eigenvalue weighted by Crippen LogP contribution is -2.40. The molecule has 94 valence electrons. The molecule has 0 saturated carbocycles. The molecule has 0 spiro atoms. The fourth-order valence-corrected chi connectivity index (χ4v) is 1.59. The summed E-state index contributed by atoms with van der Waals surface area (Å²) in [7, 11) is 1.62. The van der Waals surface area contributed by atoms with E-state index in [4.69, 9.17) is 9.84 Å². The van der Waals surface area contributed by atoms with Crippen LogP contribution >= 0.6 is 0 Å². The van der Waals surface area contributed by atoms with Crippen molar-refractivity contribution in [2.75, 3.05) is 20.3 Å². The fourth-order valence-electron chi connectivity index (χ4n) is 1.59. The number of carboxylic acid groups (broad SMARTS) is 1. The molecule has 1 atom stereocenters. The van der Waals surface area contributed by atoms with Crippen LogP contribution in [0.4, 0.5) is 0 Å². The number of benzene rings is 1. The molecular weight excluding hydrogens is 218 g/mol. The zero-order valence-corrected chi connectivity index (χ0v) is 10.3. The van der Waals surface area contributed by atoms with Gasteiger partial charge in [0, 0.05) is 20.2 Å². The van der Waals surface area contributed by atoms with Crippen molar-refractivity contribution in [1.82, 2.24) is 4.90 Å². The van der Waals surface area contributed by atoms with Gasteiger partial charge in [-0.15, -0.1) is 0 Å². The predicted molar refractivity (Wildman–Crippen MR) is 65.8 cm³/mol. The van der Waals surface area contributed by atoms with Crippen LogP contribution in [-0.4, -0.2) is 42.3 Å². The number of hydrogen-bond acceptors (Lipinski definition) is 3. The molecule has 0 aliphatic rings. The number of methoxy groups -OCH3 is 1. The van der Waals surface area contributed by atoms with E-state index in [1.807, 2.05) is 35.2 Å². The van der Waals surface area contributed by atoms with Gasteiger partial charge in [-0.2, -0.15) is 0 Å². The molecule has 1 aromatic carbocycles. The molecule has 1 aromatic rings. The smallest absolute Gasteiger partial charge is 0.320 e. The monoisotopic (exact) mass is 237 g/mol. The van der Waals surface area contributed by atoms with Crippen molar-refractivity contribution < 1.29 is 14.6 Å². The molecule has 0 aliphatic heterocycles. The summed E-state index contributed by atoms with van der Waals surface area (Å²) in [4.78, 5) is 12.9. The molecule has 0 aliphatic carbocycles. The van der Waals surface area contributed by atoms with Crippen LogP contribution in [0.5, 0.6) is 0 Å². The van der Waals surface area contributed by atoms with Crippen molar-refractivity contribution in [2.45, 2.75) is 19.5 Å². The first-order valence-electron chi connectivity index (χ1n) is 5.65. The van der Waals surface area contributed by atoms with Gasteiger partial charge in [-0.25, -0.2) is 0 Å². The number of carbonyl (C=O) groups is 1. The average molecular weight is 237 g/mol. The number of hydrogen-bond donors (Lipinski definition) is 1. The maximum absolute atomic E-state index is 11.0. The summed E-state index contributed by atoms with van der Waals surface area (Å²) in [6.07, 6.45) is 0. The van der Waals surface area contributed by atoms with Crippen molar-refractivity contribution in [1.29, 1.82) is 0 Å². The van der Waals surface area contributed by atoms with E-state index in [9.17, 15) is 4.79 Å². The van der Waals surface area contributed by atoms with E-state index in [2.05, 4.69) is 0 Å². The highest BCUT2D eigenvalue weighted by Gasteiger charge is 2.20. The van der Waals surface area contributed by atoms with Crippen molar-refractivity contribution >= 4 is 5.97 Å². The topological polar surface area (TPSA) is 49.8 Å². The van der Waals surface area contributed by atoms with E-state index in [0.29, 0.717) is 19.7 Å². The molecule has 0 heterocycles. The van der Waals surface area contributed by atoms with E-state index >= 15 is 0 Å². The Morgan fingerprint density at radius 2 is 2.06 bits per heavy atom. The minimum atomic E-state index is -0.808. The van der Waals surface area contributed by atoms with Crippen molar-refractivity contribution in [3.05, 3.63) is 35.9 Å². The van der Waals surface area contributed by atoms with Gasteiger partial charge in [0.2, 0.25) is 0 Å². The average Bonchev–Trinajstić information content (AvgIpc) is 2.34. The molecule has 0 amide bonds. The van der Waals surface area contributed by atoms with Gasteiger partial charge in [0.25, 0.3) is 0 Å². The van der Waals surface area contributed by atoms with Gasteiger partial charge in [0.15, 0.2) is 0 Å². The predicted octanol–water partition coefficient (Wildman–Crippen LogP) is 1.61. The number of rotatable bonds is 7. The molecule has 4 heteroatoms. The largest absolute Gasteiger partial charge is 0.480 e. The normalized spacial score (nSPS) is 12.6. The van der Waals surface area contributed by atoms with Gasteiger partial charge in [-0.1, -0.05) is 30.3 Å². The Hall–Kier alpha value is -1.39. The number of ether oxygens (including phenoxy) is 1. The summed E-state index contributed by atoms with van der Waals surface area (Å²) in [5.41, 5.74) is 1.11. The summed E-state index contributed by atoms with van der Waals surface area (Å²) in [6.45, 7) is 3.46. The molecule has 1 N–H and O–H groups in total. The fraction of sp³-hybridized carbons (Fsp3) is 0.462. The molecule has 17 heavy (non-hydrogen) atoms. The second kappa shape index (κ2) is 7.04. The molecule has 0 saturated heterocycles. The van der Waals surface area contributed by atoms with E-state index in [1.165, 1.54) is 0 Å². The van der Waals surface area contributed by atoms with Crippen LogP contribution in [0.25, 0.3) is 0 Å². The quantitative estimate of drug-likeness (QED) is 0.782. The van der Waals surface area contributed by atoms with Crippen molar-refractivity contribution in [2.24, 2.45) is 0 Å². The first kappa shape index (κ1) is 13.7. The second-order valence-electron chi connectivity index (χ2n) is 3.96. The van der Waals surface area contributed by atoms with Crippen LogP contribution in [0.2, 0.25) is 0 Å². The molecule has 4 nitrogen and oxygen atoms in total. The Bertz CT molecular complexity index is 340. The van der Waals surface area contributed by atoms with Crippen LogP contribution in [0, 0.1) is 0 Å². The first-order valence-corrected chi connectivity index (χ1v) is 5.65. The maximum atomic E-state index is 11.0. The summed E-state index contributed by atoms with van der Waals surface area (Å²) in [5, 5.41) is 9.05. The lowest BCUT2D eigenvalue weighted by atomic mass is 10.2. The summed E-state index contributed by atoms with van der Waals surface area (Å²) >= 11 is 0. The molecule has 0 fully saturated rings. The molecule has 1 rings (SSSR count). The third kappa shape index (κ3) is 4.54. The van der Waals surface area contributed by atoms with Crippen molar-refractivity contribution in [3.8, 4) is 0 Å². The lowest BCUT2D eigenvalue weighted by molar-refractivity contribution is -0.143. The van der Waals surface area contributed by atoms with Crippen LogP contribution in [0.3, 0.4) is 0 Å². The Kier molecular flexibility index (Phi) is 5.66.